The van der Waals surface area contributed by atoms with Crippen molar-refractivity contribution in [2.45, 2.75) is 32.7 Å². The monoisotopic (exact) mass is 294 g/mol. The number of piperazine rings is 1. The molecule has 1 aromatic rings. The SMILES string of the molecule is Cc1nc(N2CCN(C(=O)C3CCCN3)CC2)sc1C. The molecule has 1 aromatic heterocycles. The summed E-state index contributed by atoms with van der Waals surface area (Å²) in [5, 5.41) is 4.40. The number of aryl methyl sites for hydroxylation is 2. The van der Waals surface area contributed by atoms with Gasteiger partial charge in [0.25, 0.3) is 0 Å². The first-order valence-electron chi connectivity index (χ1n) is 7.36. The fourth-order valence-corrected chi connectivity index (χ4v) is 3.79. The predicted octanol–water partition coefficient (Wildman–Crippen LogP) is 1.16. The second-order valence-corrected chi connectivity index (χ2v) is 6.78. The number of amides is 1. The molecule has 1 N–H and O–H groups in total. The highest BCUT2D eigenvalue weighted by molar-refractivity contribution is 7.15. The number of carbonyl (C=O) groups excluding carboxylic acids is 1. The van der Waals surface area contributed by atoms with E-state index in [1.807, 2.05) is 4.90 Å². The van der Waals surface area contributed by atoms with Crippen molar-refractivity contribution in [1.29, 1.82) is 0 Å². The van der Waals surface area contributed by atoms with Crippen LogP contribution < -0.4 is 10.2 Å². The maximum Gasteiger partial charge on any atom is 0.239 e. The van der Waals surface area contributed by atoms with E-state index >= 15 is 0 Å². The van der Waals surface area contributed by atoms with E-state index in [4.69, 9.17) is 0 Å². The van der Waals surface area contributed by atoms with Gasteiger partial charge in [0.05, 0.1) is 11.7 Å². The van der Waals surface area contributed by atoms with Gasteiger partial charge in [-0.1, -0.05) is 0 Å². The molecule has 0 spiro atoms. The van der Waals surface area contributed by atoms with Crippen LogP contribution in [-0.2, 0) is 4.79 Å². The summed E-state index contributed by atoms with van der Waals surface area (Å²) in [6.07, 6.45) is 2.11. The lowest BCUT2D eigenvalue weighted by Crippen LogP contribution is -2.53. The number of carbonyl (C=O) groups is 1. The molecule has 1 atom stereocenters. The van der Waals surface area contributed by atoms with Gasteiger partial charge in [-0.2, -0.15) is 0 Å². The first-order chi connectivity index (χ1) is 9.65. The molecule has 3 heterocycles. The van der Waals surface area contributed by atoms with E-state index in [1.54, 1.807) is 11.3 Å². The molecular formula is C14H22N4OS. The van der Waals surface area contributed by atoms with Gasteiger partial charge in [-0.05, 0) is 33.2 Å². The largest absolute Gasteiger partial charge is 0.345 e. The number of rotatable bonds is 2. The molecular weight excluding hydrogens is 272 g/mol. The predicted molar refractivity (Wildman–Crippen MR) is 81.4 cm³/mol. The highest BCUT2D eigenvalue weighted by Crippen LogP contribution is 2.26. The minimum Gasteiger partial charge on any atom is -0.345 e. The molecule has 0 bridgehead atoms. The third-order valence-corrected chi connectivity index (χ3v) is 5.37. The van der Waals surface area contributed by atoms with Gasteiger partial charge in [-0.15, -0.1) is 11.3 Å². The maximum atomic E-state index is 12.3. The Hall–Kier alpha value is -1.14. The van der Waals surface area contributed by atoms with Gasteiger partial charge < -0.3 is 15.1 Å². The van der Waals surface area contributed by atoms with Crippen molar-refractivity contribution in [3.8, 4) is 0 Å². The molecule has 0 saturated carbocycles. The van der Waals surface area contributed by atoms with Crippen molar-refractivity contribution in [2.75, 3.05) is 37.6 Å². The fraction of sp³-hybridized carbons (Fsp3) is 0.714. The Balaban J connectivity index is 1.57. The van der Waals surface area contributed by atoms with E-state index in [2.05, 4.69) is 29.0 Å². The summed E-state index contributed by atoms with van der Waals surface area (Å²) >= 11 is 1.75. The summed E-state index contributed by atoms with van der Waals surface area (Å²) in [5.74, 6) is 0.286. The average Bonchev–Trinajstić information content (AvgIpc) is 3.09. The summed E-state index contributed by atoms with van der Waals surface area (Å²) in [5.41, 5.74) is 1.12. The summed E-state index contributed by atoms with van der Waals surface area (Å²) < 4.78 is 0. The van der Waals surface area contributed by atoms with Gasteiger partial charge in [-0.25, -0.2) is 4.98 Å². The van der Waals surface area contributed by atoms with Crippen LogP contribution in [0.25, 0.3) is 0 Å². The molecule has 2 aliphatic rings. The molecule has 20 heavy (non-hydrogen) atoms. The standard InChI is InChI=1S/C14H22N4OS/c1-10-11(2)20-14(16-10)18-8-6-17(7-9-18)13(19)12-4-3-5-15-12/h12,15H,3-9H2,1-2H3. The van der Waals surface area contributed by atoms with Crippen LogP contribution in [0.15, 0.2) is 0 Å². The van der Waals surface area contributed by atoms with Gasteiger partial charge in [0.15, 0.2) is 5.13 Å². The molecule has 2 fully saturated rings. The van der Waals surface area contributed by atoms with Gasteiger partial charge in [0, 0.05) is 31.1 Å². The van der Waals surface area contributed by atoms with Gasteiger partial charge in [0.1, 0.15) is 0 Å². The Labute approximate surface area is 124 Å². The summed E-state index contributed by atoms with van der Waals surface area (Å²) in [7, 11) is 0. The molecule has 6 heteroatoms. The third-order valence-electron chi connectivity index (χ3n) is 4.24. The number of anilines is 1. The Bertz CT molecular complexity index is 468. The minimum atomic E-state index is 0.0610. The Morgan fingerprint density at radius 1 is 1.30 bits per heavy atom. The molecule has 2 aliphatic heterocycles. The van der Waals surface area contributed by atoms with Crippen LogP contribution in [0, 0.1) is 13.8 Å². The number of thiazole rings is 1. The van der Waals surface area contributed by atoms with E-state index < -0.39 is 0 Å². The second kappa shape index (κ2) is 5.69. The number of hydrogen-bond donors (Lipinski definition) is 1. The van der Waals surface area contributed by atoms with Crippen LogP contribution >= 0.6 is 11.3 Å². The smallest absolute Gasteiger partial charge is 0.239 e. The zero-order chi connectivity index (χ0) is 14.1. The average molecular weight is 294 g/mol. The van der Waals surface area contributed by atoms with Crippen LogP contribution in [0.2, 0.25) is 0 Å². The second-order valence-electron chi connectivity index (χ2n) is 5.60. The highest BCUT2D eigenvalue weighted by Gasteiger charge is 2.29. The number of hydrogen-bond acceptors (Lipinski definition) is 5. The quantitative estimate of drug-likeness (QED) is 0.889. The minimum absolute atomic E-state index is 0.0610. The topological polar surface area (TPSA) is 48.5 Å². The first-order valence-corrected chi connectivity index (χ1v) is 8.18. The molecule has 0 radical (unpaired) electrons. The number of nitrogens with zero attached hydrogens (tertiary/aromatic N) is 3. The van der Waals surface area contributed by atoms with Crippen molar-refractivity contribution < 1.29 is 4.79 Å². The maximum absolute atomic E-state index is 12.3. The molecule has 1 unspecified atom stereocenters. The van der Waals surface area contributed by atoms with Crippen molar-refractivity contribution in [2.24, 2.45) is 0 Å². The van der Waals surface area contributed by atoms with Crippen molar-refractivity contribution in [1.82, 2.24) is 15.2 Å². The normalized spacial score (nSPS) is 23.4. The van der Waals surface area contributed by atoms with Gasteiger partial charge >= 0.3 is 0 Å². The number of nitrogens with one attached hydrogen (secondary N) is 1. The van der Waals surface area contributed by atoms with Crippen LogP contribution in [0.5, 0.6) is 0 Å². The molecule has 5 nitrogen and oxygen atoms in total. The lowest BCUT2D eigenvalue weighted by Gasteiger charge is -2.35. The van der Waals surface area contributed by atoms with Crippen molar-refractivity contribution in [3.63, 3.8) is 0 Å². The van der Waals surface area contributed by atoms with Gasteiger partial charge in [0.2, 0.25) is 5.91 Å². The van der Waals surface area contributed by atoms with E-state index in [9.17, 15) is 4.79 Å². The Morgan fingerprint density at radius 2 is 2.05 bits per heavy atom. The van der Waals surface area contributed by atoms with E-state index in [-0.39, 0.29) is 11.9 Å². The number of aromatic nitrogens is 1. The van der Waals surface area contributed by atoms with Crippen LogP contribution in [0.1, 0.15) is 23.4 Å². The highest BCUT2D eigenvalue weighted by atomic mass is 32.1. The van der Waals surface area contributed by atoms with Crippen molar-refractivity contribution >= 4 is 22.4 Å². The molecule has 0 aliphatic carbocycles. The van der Waals surface area contributed by atoms with Crippen molar-refractivity contribution in [3.05, 3.63) is 10.6 Å². The van der Waals surface area contributed by atoms with Crippen LogP contribution in [0.4, 0.5) is 5.13 Å². The molecule has 0 aromatic carbocycles. The third kappa shape index (κ3) is 2.67. The zero-order valence-corrected chi connectivity index (χ0v) is 13.0. The van der Waals surface area contributed by atoms with Gasteiger partial charge in [-0.3, -0.25) is 4.79 Å². The summed E-state index contributed by atoms with van der Waals surface area (Å²) in [6.45, 7) is 8.57. The van der Waals surface area contributed by atoms with Crippen LogP contribution in [-0.4, -0.2) is 54.6 Å². The Morgan fingerprint density at radius 3 is 2.60 bits per heavy atom. The lowest BCUT2D eigenvalue weighted by molar-refractivity contribution is -0.133. The summed E-state index contributed by atoms with van der Waals surface area (Å²) in [4.78, 5) is 22.5. The molecule has 3 rings (SSSR count). The van der Waals surface area contributed by atoms with E-state index in [0.29, 0.717) is 0 Å². The zero-order valence-electron chi connectivity index (χ0n) is 12.2. The first kappa shape index (κ1) is 13.8. The van der Waals surface area contributed by atoms with Crippen LogP contribution in [0.3, 0.4) is 0 Å². The van der Waals surface area contributed by atoms with E-state index in [1.165, 1.54) is 4.88 Å². The lowest BCUT2D eigenvalue weighted by atomic mass is 10.2. The molecule has 1 amide bonds. The fourth-order valence-electron chi connectivity index (χ4n) is 2.82. The molecule has 110 valence electrons. The Kier molecular flexibility index (Phi) is 3.94. The molecule has 2 saturated heterocycles. The summed E-state index contributed by atoms with van der Waals surface area (Å²) in [6, 6.07) is 0.0610. The van der Waals surface area contributed by atoms with E-state index in [0.717, 1.165) is 56.4 Å².